The van der Waals surface area contributed by atoms with Crippen molar-refractivity contribution in [2.24, 2.45) is 11.7 Å². The summed E-state index contributed by atoms with van der Waals surface area (Å²) in [4.78, 5) is 25.4. The summed E-state index contributed by atoms with van der Waals surface area (Å²) in [6.07, 6.45) is 3.75. The van der Waals surface area contributed by atoms with E-state index in [0.717, 1.165) is 32.2 Å². The van der Waals surface area contributed by atoms with Crippen molar-refractivity contribution in [2.75, 3.05) is 6.54 Å². The highest BCUT2D eigenvalue weighted by Gasteiger charge is 2.28. The molecule has 1 fully saturated rings. The molecule has 1 saturated carbocycles. The number of rotatable bonds is 5. The van der Waals surface area contributed by atoms with Gasteiger partial charge in [0.15, 0.2) is 0 Å². The van der Waals surface area contributed by atoms with Crippen LogP contribution < -0.4 is 11.1 Å². The van der Waals surface area contributed by atoms with Crippen molar-refractivity contribution in [2.45, 2.75) is 71.5 Å². The number of nitrogens with two attached hydrogens (primary N) is 1. The summed E-state index contributed by atoms with van der Waals surface area (Å²) in [6.45, 7) is 8.30. The summed E-state index contributed by atoms with van der Waals surface area (Å²) < 4.78 is 0. The van der Waals surface area contributed by atoms with E-state index >= 15 is 0 Å². The molecule has 1 atom stereocenters. The number of hydrogen-bond acceptors (Lipinski definition) is 3. The molecule has 20 heavy (non-hydrogen) atoms. The van der Waals surface area contributed by atoms with E-state index in [1.54, 1.807) is 6.92 Å². The summed E-state index contributed by atoms with van der Waals surface area (Å²) >= 11 is 0. The fraction of sp³-hybridized carbons (Fsp3) is 0.867. The molecule has 0 heterocycles. The minimum absolute atomic E-state index is 0.0534. The largest absolute Gasteiger partial charge is 0.352 e. The molecule has 116 valence electrons. The third-order valence-electron chi connectivity index (χ3n) is 4.25. The van der Waals surface area contributed by atoms with Gasteiger partial charge in [-0.05, 0) is 38.5 Å². The molecule has 1 rings (SSSR count). The van der Waals surface area contributed by atoms with E-state index in [1.807, 2.05) is 25.7 Å². The van der Waals surface area contributed by atoms with Crippen molar-refractivity contribution in [1.29, 1.82) is 0 Å². The molecule has 0 radical (unpaired) electrons. The fourth-order valence-electron chi connectivity index (χ4n) is 2.87. The lowest BCUT2D eigenvalue weighted by atomic mass is 9.89. The van der Waals surface area contributed by atoms with Crippen molar-refractivity contribution in [3.8, 4) is 0 Å². The summed E-state index contributed by atoms with van der Waals surface area (Å²) in [5.41, 5.74) is 5.85. The summed E-state index contributed by atoms with van der Waals surface area (Å²) in [7, 11) is 0. The quantitative estimate of drug-likeness (QED) is 0.797. The van der Waals surface area contributed by atoms with Crippen molar-refractivity contribution in [3.63, 3.8) is 0 Å². The van der Waals surface area contributed by atoms with E-state index in [1.165, 1.54) is 0 Å². The predicted molar refractivity (Wildman–Crippen MR) is 80.1 cm³/mol. The van der Waals surface area contributed by atoms with Crippen LogP contribution in [0.3, 0.4) is 0 Å². The smallest absolute Gasteiger partial charge is 0.237 e. The number of nitrogens with one attached hydrogen (secondary N) is 1. The van der Waals surface area contributed by atoms with E-state index in [9.17, 15) is 9.59 Å². The minimum atomic E-state index is -0.433. The molecule has 1 aliphatic rings. The van der Waals surface area contributed by atoms with E-state index in [0.29, 0.717) is 6.04 Å². The van der Waals surface area contributed by atoms with Gasteiger partial charge in [-0.15, -0.1) is 0 Å². The normalized spacial score (nSPS) is 24.3. The Hall–Kier alpha value is -1.10. The van der Waals surface area contributed by atoms with Gasteiger partial charge in [-0.3, -0.25) is 9.59 Å². The Bertz CT molecular complexity index is 336. The lowest BCUT2D eigenvalue weighted by molar-refractivity contribution is -0.132. The zero-order chi connectivity index (χ0) is 15.3. The summed E-state index contributed by atoms with van der Waals surface area (Å²) in [6, 6.07) is 0.0933. The minimum Gasteiger partial charge on any atom is -0.352 e. The standard InChI is InChI=1S/C15H29N3O2/c1-5-18(11(4)19)13-8-6-12(7-9-13)17-15(20)14(16)10(2)3/h10,12-14H,5-9,16H2,1-4H3,(H,17,20). The molecule has 5 heteroatoms. The third-order valence-corrected chi connectivity index (χ3v) is 4.25. The summed E-state index contributed by atoms with van der Waals surface area (Å²) in [5, 5.41) is 3.04. The predicted octanol–water partition coefficient (Wildman–Crippen LogP) is 1.27. The zero-order valence-electron chi connectivity index (χ0n) is 13.2. The van der Waals surface area contributed by atoms with Gasteiger partial charge in [-0.2, -0.15) is 0 Å². The number of hydrogen-bond donors (Lipinski definition) is 2. The van der Waals surface area contributed by atoms with Gasteiger partial charge in [0, 0.05) is 25.6 Å². The van der Waals surface area contributed by atoms with Crippen molar-refractivity contribution < 1.29 is 9.59 Å². The lowest BCUT2D eigenvalue weighted by Gasteiger charge is -2.36. The molecule has 3 N–H and O–H groups in total. The highest BCUT2D eigenvalue weighted by molar-refractivity contribution is 5.82. The number of amides is 2. The van der Waals surface area contributed by atoms with Crippen LogP contribution in [0.15, 0.2) is 0 Å². The van der Waals surface area contributed by atoms with E-state index < -0.39 is 6.04 Å². The van der Waals surface area contributed by atoms with Gasteiger partial charge in [0.05, 0.1) is 6.04 Å². The highest BCUT2D eigenvalue weighted by atomic mass is 16.2. The zero-order valence-corrected chi connectivity index (χ0v) is 13.2. The Morgan fingerprint density at radius 2 is 1.80 bits per heavy atom. The van der Waals surface area contributed by atoms with Crippen molar-refractivity contribution in [3.05, 3.63) is 0 Å². The topological polar surface area (TPSA) is 75.4 Å². The van der Waals surface area contributed by atoms with Crippen molar-refractivity contribution >= 4 is 11.8 Å². The maximum Gasteiger partial charge on any atom is 0.237 e. The number of carbonyl (C=O) groups is 2. The van der Waals surface area contributed by atoms with Gasteiger partial charge in [-0.1, -0.05) is 13.8 Å². The molecule has 0 saturated heterocycles. The second-order valence-corrected chi connectivity index (χ2v) is 6.09. The average molecular weight is 283 g/mol. The molecule has 0 aromatic rings. The molecule has 0 aliphatic heterocycles. The molecule has 0 bridgehead atoms. The SMILES string of the molecule is CCN(C(C)=O)C1CCC(NC(=O)C(N)C(C)C)CC1. The monoisotopic (exact) mass is 283 g/mol. The van der Waals surface area contributed by atoms with E-state index in [-0.39, 0.29) is 23.8 Å². The molecule has 1 aliphatic carbocycles. The fourth-order valence-corrected chi connectivity index (χ4v) is 2.87. The first-order chi connectivity index (χ1) is 9.36. The number of carbonyl (C=O) groups excluding carboxylic acids is 2. The van der Waals surface area contributed by atoms with Gasteiger partial charge in [0.1, 0.15) is 0 Å². The molecule has 0 spiro atoms. The van der Waals surface area contributed by atoms with Gasteiger partial charge in [0.2, 0.25) is 11.8 Å². The molecule has 2 amide bonds. The first-order valence-corrected chi connectivity index (χ1v) is 7.70. The van der Waals surface area contributed by atoms with Gasteiger partial charge in [-0.25, -0.2) is 0 Å². The summed E-state index contributed by atoms with van der Waals surface area (Å²) in [5.74, 6) is 0.240. The molecule has 5 nitrogen and oxygen atoms in total. The van der Waals surface area contributed by atoms with Crippen LogP contribution in [0.25, 0.3) is 0 Å². The molecular formula is C15H29N3O2. The van der Waals surface area contributed by atoms with Crippen LogP contribution >= 0.6 is 0 Å². The van der Waals surface area contributed by atoms with E-state index in [2.05, 4.69) is 5.32 Å². The molecular weight excluding hydrogens is 254 g/mol. The third kappa shape index (κ3) is 4.47. The Balaban J connectivity index is 2.43. The second kappa shape index (κ2) is 7.62. The highest BCUT2D eigenvalue weighted by Crippen LogP contribution is 2.23. The number of nitrogens with zero attached hydrogens (tertiary/aromatic N) is 1. The van der Waals surface area contributed by atoms with Crippen LogP contribution in [0, 0.1) is 5.92 Å². The molecule has 1 unspecified atom stereocenters. The van der Waals surface area contributed by atoms with Crippen LogP contribution in [0.5, 0.6) is 0 Å². The average Bonchev–Trinajstić information content (AvgIpc) is 2.40. The first-order valence-electron chi connectivity index (χ1n) is 7.70. The van der Waals surface area contributed by atoms with Crippen LogP contribution in [0.2, 0.25) is 0 Å². The van der Waals surface area contributed by atoms with Crippen LogP contribution in [0.4, 0.5) is 0 Å². The molecule has 0 aromatic heterocycles. The molecule has 0 aromatic carbocycles. The first kappa shape index (κ1) is 17.0. The second-order valence-electron chi connectivity index (χ2n) is 6.09. The Morgan fingerprint density at radius 1 is 1.25 bits per heavy atom. The maximum absolute atomic E-state index is 11.9. The lowest BCUT2D eigenvalue weighted by Crippen LogP contribution is -2.50. The maximum atomic E-state index is 11.9. The van der Waals surface area contributed by atoms with Gasteiger partial charge < -0.3 is 16.0 Å². The van der Waals surface area contributed by atoms with Crippen LogP contribution in [-0.2, 0) is 9.59 Å². The van der Waals surface area contributed by atoms with Gasteiger partial charge in [0.25, 0.3) is 0 Å². The Kier molecular flexibility index (Phi) is 6.46. The van der Waals surface area contributed by atoms with Crippen molar-refractivity contribution in [1.82, 2.24) is 10.2 Å². The van der Waals surface area contributed by atoms with E-state index in [4.69, 9.17) is 5.73 Å². The van der Waals surface area contributed by atoms with Crippen LogP contribution in [-0.4, -0.2) is 41.4 Å². The Morgan fingerprint density at radius 3 is 2.20 bits per heavy atom. The van der Waals surface area contributed by atoms with Crippen LogP contribution in [0.1, 0.15) is 53.4 Å². The van der Waals surface area contributed by atoms with Gasteiger partial charge >= 0.3 is 0 Å². The Labute approximate surface area is 122 Å².